The van der Waals surface area contributed by atoms with Crippen LogP contribution in [0.2, 0.25) is 5.02 Å². The fourth-order valence-electron chi connectivity index (χ4n) is 1.68. The molecule has 2 aromatic rings. The largest absolute Gasteiger partial charge is 0.397 e. The van der Waals surface area contributed by atoms with Crippen molar-refractivity contribution in [1.82, 2.24) is 0 Å². The molecule has 1 atom stereocenters. The molecular weight excluding hydrogens is 311 g/mol. The van der Waals surface area contributed by atoms with E-state index in [-0.39, 0.29) is 16.8 Å². The number of rotatable bonds is 4. The van der Waals surface area contributed by atoms with E-state index in [0.717, 1.165) is 4.90 Å². The quantitative estimate of drug-likeness (QED) is 0.655. The third-order valence-corrected chi connectivity index (χ3v) is 4.08. The zero-order valence-electron chi connectivity index (χ0n) is 11.3. The summed E-state index contributed by atoms with van der Waals surface area (Å²) in [5.41, 5.74) is 6.26. The van der Waals surface area contributed by atoms with E-state index in [0.29, 0.717) is 10.7 Å². The van der Waals surface area contributed by atoms with Crippen LogP contribution in [0.4, 0.5) is 15.8 Å². The van der Waals surface area contributed by atoms with Crippen molar-refractivity contribution in [2.75, 3.05) is 11.1 Å². The van der Waals surface area contributed by atoms with Gasteiger partial charge in [0.2, 0.25) is 5.91 Å². The summed E-state index contributed by atoms with van der Waals surface area (Å²) in [4.78, 5) is 13.0. The lowest BCUT2D eigenvalue weighted by atomic mass is 10.2. The second-order valence-electron chi connectivity index (χ2n) is 4.44. The molecule has 2 aromatic carbocycles. The lowest BCUT2D eigenvalue weighted by Crippen LogP contribution is -2.22. The second kappa shape index (κ2) is 6.83. The molecule has 0 aliphatic heterocycles. The summed E-state index contributed by atoms with van der Waals surface area (Å²) in [6, 6.07) is 11.1. The summed E-state index contributed by atoms with van der Waals surface area (Å²) in [7, 11) is 0. The van der Waals surface area contributed by atoms with Crippen LogP contribution in [0, 0.1) is 5.82 Å². The molecule has 0 fully saturated rings. The highest BCUT2D eigenvalue weighted by molar-refractivity contribution is 8.00. The standard InChI is InChI=1S/C15H14ClFN2OS/c1-9(21-12-4-2-3-10(16)7-12)15(20)19-14-6-5-11(17)8-13(14)18/h2-9H,18H2,1H3,(H,19,20). The molecule has 0 spiro atoms. The average molecular weight is 325 g/mol. The SMILES string of the molecule is CC(Sc1cccc(Cl)c1)C(=O)Nc1ccc(F)cc1N. The van der Waals surface area contributed by atoms with Crippen molar-refractivity contribution in [3.63, 3.8) is 0 Å². The third kappa shape index (κ3) is 4.37. The summed E-state index contributed by atoms with van der Waals surface area (Å²) in [5.74, 6) is -0.648. The van der Waals surface area contributed by atoms with Crippen molar-refractivity contribution in [3.05, 3.63) is 53.3 Å². The number of carbonyl (C=O) groups is 1. The van der Waals surface area contributed by atoms with Gasteiger partial charge in [0.15, 0.2) is 0 Å². The summed E-state index contributed by atoms with van der Waals surface area (Å²) >= 11 is 7.29. The molecule has 3 N–H and O–H groups in total. The Morgan fingerprint density at radius 2 is 2.10 bits per heavy atom. The highest BCUT2D eigenvalue weighted by atomic mass is 35.5. The number of thioether (sulfide) groups is 1. The Morgan fingerprint density at radius 3 is 2.76 bits per heavy atom. The van der Waals surface area contributed by atoms with E-state index in [1.54, 1.807) is 19.1 Å². The molecule has 0 bridgehead atoms. The molecular formula is C15H14ClFN2OS. The van der Waals surface area contributed by atoms with E-state index in [4.69, 9.17) is 17.3 Å². The van der Waals surface area contributed by atoms with Crippen molar-refractivity contribution in [3.8, 4) is 0 Å². The van der Waals surface area contributed by atoms with Crippen LogP contribution in [0.5, 0.6) is 0 Å². The first kappa shape index (κ1) is 15.7. The van der Waals surface area contributed by atoms with Gasteiger partial charge in [-0.3, -0.25) is 4.79 Å². The van der Waals surface area contributed by atoms with Crippen molar-refractivity contribution in [2.24, 2.45) is 0 Å². The molecule has 1 amide bonds. The number of anilines is 2. The predicted octanol–water partition coefficient (Wildman–Crippen LogP) is 4.18. The van der Waals surface area contributed by atoms with Crippen LogP contribution < -0.4 is 11.1 Å². The maximum absolute atomic E-state index is 13.0. The predicted molar refractivity (Wildman–Crippen MR) is 86.2 cm³/mol. The van der Waals surface area contributed by atoms with E-state index in [9.17, 15) is 9.18 Å². The maximum atomic E-state index is 13.0. The number of carbonyl (C=O) groups excluding carboxylic acids is 1. The summed E-state index contributed by atoms with van der Waals surface area (Å²) in [6.45, 7) is 1.78. The topological polar surface area (TPSA) is 55.1 Å². The number of nitrogens with two attached hydrogens (primary N) is 1. The fraction of sp³-hybridized carbons (Fsp3) is 0.133. The highest BCUT2D eigenvalue weighted by Crippen LogP contribution is 2.27. The molecule has 0 aromatic heterocycles. The molecule has 0 radical (unpaired) electrons. The molecule has 0 saturated heterocycles. The van der Waals surface area contributed by atoms with Gasteiger partial charge in [-0.15, -0.1) is 11.8 Å². The molecule has 21 heavy (non-hydrogen) atoms. The van der Waals surface area contributed by atoms with Gasteiger partial charge < -0.3 is 11.1 Å². The van der Waals surface area contributed by atoms with E-state index in [1.165, 1.54) is 30.0 Å². The summed E-state index contributed by atoms with van der Waals surface area (Å²) < 4.78 is 13.0. The number of nitrogens with one attached hydrogen (secondary N) is 1. The van der Waals surface area contributed by atoms with E-state index in [2.05, 4.69) is 5.32 Å². The van der Waals surface area contributed by atoms with Gasteiger partial charge in [0, 0.05) is 9.92 Å². The second-order valence-corrected chi connectivity index (χ2v) is 6.29. The molecule has 1 unspecified atom stereocenters. The first-order valence-corrected chi connectivity index (χ1v) is 7.49. The van der Waals surface area contributed by atoms with Crippen molar-refractivity contribution in [2.45, 2.75) is 17.1 Å². The molecule has 3 nitrogen and oxygen atoms in total. The lowest BCUT2D eigenvalue weighted by molar-refractivity contribution is -0.115. The van der Waals surface area contributed by atoms with Gasteiger partial charge in [0.05, 0.1) is 16.6 Å². The minimum atomic E-state index is -0.438. The van der Waals surface area contributed by atoms with Gasteiger partial charge in [-0.25, -0.2) is 4.39 Å². The van der Waals surface area contributed by atoms with Crippen molar-refractivity contribution >= 4 is 40.6 Å². The Balaban J connectivity index is 2.02. The zero-order chi connectivity index (χ0) is 15.4. The number of hydrogen-bond acceptors (Lipinski definition) is 3. The van der Waals surface area contributed by atoms with Crippen LogP contribution >= 0.6 is 23.4 Å². The Kier molecular flexibility index (Phi) is 5.09. The molecule has 0 saturated carbocycles. The zero-order valence-corrected chi connectivity index (χ0v) is 12.8. The molecule has 6 heteroatoms. The van der Waals surface area contributed by atoms with Crippen LogP contribution in [-0.2, 0) is 4.79 Å². The Hall–Kier alpha value is -1.72. The first-order chi connectivity index (χ1) is 9.95. The van der Waals surface area contributed by atoms with Crippen LogP contribution in [-0.4, -0.2) is 11.2 Å². The number of halogens is 2. The summed E-state index contributed by atoms with van der Waals surface area (Å²) in [5, 5.41) is 2.97. The van der Waals surface area contributed by atoms with Crippen LogP contribution in [0.15, 0.2) is 47.4 Å². The van der Waals surface area contributed by atoms with E-state index in [1.807, 2.05) is 12.1 Å². The smallest absolute Gasteiger partial charge is 0.237 e. The van der Waals surface area contributed by atoms with Gasteiger partial charge in [0.25, 0.3) is 0 Å². The van der Waals surface area contributed by atoms with Gasteiger partial charge in [-0.05, 0) is 43.3 Å². The minimum Gasteiger partial charge on any atom is -0.397 e. The maximum Gasteiger partial charge on any atom is 0.237 e. The van der Waals surface area contributed by atoms with Crippen molar-refractivity contribution in [1.29, 1.82) is 0 Å². The third-order valence-electron chi connectivity index (χ3n) is 2.75. The normalized spacial score (nSPS) is 12.0. The van der Waals surface area contributed by atoms with Gasteiger partial charge in [0.1, 0.15) is 5.82 Å². The monoisotopic (exact) mass is 324 g/mol. The van der Waals surface area contributed by atoms with E-state index >= 15 is 0 Å². The number of hydrogen-bond donors (Lipinski definition) is 2. The van der Waals surface area contributed by atoms with Gasteiger partial charge in [-0.2, -0.15) is 0 Å². The first-order valence-electron chi connectivity index (χ1n) is 6.24. The van der Waals surface area contributed by atoms with Crippen LogP contribution in [0.25, 0.3) is 0 Å². The minimum absolute atomic E-state index is 0.198. The number of nitrogen functional groups attached to an aromatic ring is 1. The van der Waals surface area contributed by atoms with Crippen LogP contribution in [0.1, 0.15) is 6.92 Å². The Bertz CT molecular complexity index is 666. The Labute approximate surface area is 131 Å². The summed E-state index contributed by atoms with van der Waals surface area (Å²) in [6.07, 6.45) is 0. The Morgan fingerprint density at radius 1 is 1.33 bits per heavy atom. The molecule has 0 heterocycles. The van der Waals surface area contributed by atoms with Crippen LogP contribution in [0.3, 0.4) is 0 Å². The molecule has 0 aliphatic carbocycles. The fourth-order valence-corrected chi connectivity index (χ4v) is 2.86. The van der Waals surface area contributed by atoms with E-state index < -0.39 is 5.82 Å². The molecule has 2 rings (SSSR count). The highest BCUT2D eigenvalue weighted by Gasteiger charge is 2.15. The number of amides is 1. The molecule has 0 aliphatic rings. The van der Waals surface area contributed by atoms with Gasteiger partial charge in [-0.1, -0.05) is 17.7 Å². The van der Waals surface area contributed by atoms with Crippen molar-refractivity contribution < 1.29 is 9.18 Å². The number of benzene rings is 2. The van der Waals surface area contributed by atoms with Gasteiger partial charge >= 0.3 is 0 Å². The average Bonchev–Trinajstić information content (AvgIpc) is 2.41. The molecule has 110 valence electrons. The lowest BCUT2D eigenvalue weighted by Gasteiger charge is -2.13.